The largest absolute Gasteiger partial charge is 0.440 e. The SMILES string of the molecule is Cc1ccc2oc(C3CCN(c4c(C#N)c(=O)n(C)c5ccc(Br)cc45)CC3)nc2c1. The highest BCUT2D eigenvalue weighted by Crippen LogP contribution is 2.36. The molecule has 0 spiro atoms. The standard InChI is InChI=1S/C24H21BrN4O2/c1-14-3-6-21-19(11-14)27-23(31-21)15-7-9-29(10-8-15)22-17-12-16(25)4-5-20(17)28(2)24(30)18(22)13-26/h3-6,11-12,15H,7-10H2,1-2H3. The van der Waals surface area contributed by atoms with Crippen LogP contribution in [0.1, 0.15) is 35.8 Å². The number of pyridine rings is 1. The summed E-state index contributed by atoms with van der Waals surface area (Å²) in [4.78, 5) is 19.7. The van der Waals surface area contributed by atoms with E-state index in [2.05, 4.69) is 26.9 Å². The molecular formula is C24H21BrN4O2. The molecule has 0 amide bonds. The molecule has 0 N–H and O–H groups in total. The van der Waals surface area contributed by atoms with Gasteiger partial charge >= 0.3 is 0 Å². The summed E-state index contributed by atoms with van der Waals surface area (Å²) >= 11 is 3.53. The lowest BCUT2D eigenvalue weighted by Crippen LogP contribution is -2.35. The van der Waals surface area contributed by atoms with Gasteiger partial charge in [0.2, 0.25) is 0 Å². The highest BCUT2D eigenvalue weighted by Gasteiger charge is 2.28. The Kier molecular flexibility index (Phi) is 4.82. The average Bonchev–Trinajstić information content (AvgIpc) is 3.19. The number of aryl methyl sites for hydroxylation is 2. The number of benzene rings is 2. The fourth-order valence-electron chi connectivity index (χ4n) is 4.51. The van der Waals surface area contributed by atoms with E-state index in [4.69, 9.17) is 9.40 Å². The van der Waals surface area contributed by atoms with Gasteiger partial charge < -0.3 is 13.9 Å². The zero-order valence-corrected chi connectivity index (χ0v) is 18.9. The molecule has 156 valence electrons. The number of hydrogen-bond acceptors (Lipinski definition) is 5. The van der Waals surface area contributed by atoms with Crippen molar-refractivity contribution in [2.24, 2.45) is 7.05 Å². The molecular weight excluding hydrogens is 456 g/mol. The Hall–Kier alpha value is -3.11. The van der Waals surface area contributed by atoms with E-state index in [0.29, 0.717) is 0 Å². The number of fused-ring (bicyclic) bond motifs is 2. The first-order valence-corrected chi connectivity index (χ1v) is 11.1. The lowest BCUT2D eigenvalue weighted by atomic mass is 9.95. The van der Waals surface area contributed by atoms with Gasteiger partial charge in [-0.05, 0) is 55.7 Å². The van der Waals surface area contributed by atoms with E-state index in [1.165, 1.54) is 0 Å². The summed E-state index contributed by atoms with van der Waals surface area (Å²) in [5.74, 6) is 0.997. The smallest absolute Gasteiger partial charge is 0.270 e. The van der Waals surface area contributed by atoms with Gasteiger partial charge in [0.05, 0.1) is 11.2 Å². The molecule has 2 aromatic heterocycles. The molecule has 5 rings (SSSR count). The van der Waals surface area contributed by atoms with Gasteiger partial charge in [0.15, 0.2) is 11.5 Å². The summed E-state index contributed by atoms with van der Waals surface area (Å²) in [7, 11) is 1.71. The first kappa shape index (κ1) is 19.8. The molecule has 1 aliphatic heterocycles. The molecule has 2 aromatic carbocycles. The Morgan fingerprint density at radius 2 is 1.97 bits per heavy atom. The first-order chi connectivity index (χ1) is 15.0. The van der Waals surface area contributed by atoms with Crippen LogP contribution in [0.2, 0.25) is 0 Å². The van der Waals surface area contributed by atoms with Crippen LogP contribution >= 0.6 is 15.9 Å². The second-order valence-electron chi connectivity index (χ2n) is 8.15. The van der Waals surface area contributed by atoms with Crippen molar-refractivity contribution in [1.29, 1.82) is 5.26 Å². The van der Waals surface area contributed by atoms with Crippen LogP contribution < -0.4 is 10.5 Å². The van der Waals surface area contributed by atoms with E-state index in [-0.39, 0.29) is 17.0 Å². The summed E-state index contributed by atoms with van der Waals surface area (Å²) < 4.78 is 8.50. The predicted octanol–water partition coefficient (Wildman–Crippen LogP) is 5.01. The van der Waals surface area contributed by atoms with Gasteiger partial charge in [0.25, 0.3) is 5.56 Å². The molecule has 31 heavy (non-hydrogen) atoms. The van der Waals surface area contributed by atoms with Crippen molar-refractivity contribution in [2.45, 2.75) is 25.7 Å². The Balaban J connectivity index is 1.50. The van der Waals surface area contributed by atoms with Crippen LogP contribution in [0, 0.1) is 18.3 Å². The molecule has 6 nitrogen and oxygen atoms in total. The van der Waals surface area contributed by atoms with Crippen molar-refractivity contribution in [2.75, 3.05) is 18.0 Å². The zero-order chi connectivity index (χ0) is 21.7. The lowest BCUT2D eigenvalue weighted by molar-refractivity contribution is 0.407. The van der Waals surface area contributed by atoms with Crippen LogP contribution in [0.5, 0.6) is 0 Å². The molecule has 1 aliphatic rings. The number of hydrogen-bond donors (Lipinski definition) is 0. The summed E-state index contributed by atoms with van der Waals surface area (Å²) in [6, 6.07) is 14.0. The predicted molar refractivity (Wildman–Crippen MR) is 125 cm³/mol. The third-order valence-corrected chi connectivity index (χ3v) is 6.66. The number of anilines is 1. The fourth-order valence-corrected chi connectivity index (χ4v) is 4.87. The van der Waals surface area contributed by atoms with Crippen molar-refractivity contribution in [3.63, 3.8) is 0 Å². The van der Waals surface area contributed by atoms with Crippen LogP contribution in [0.4, 0.5) is 5.69 Å². The van der Waals surface area contributed by atoms with Crippen molar-refractivity contribution >= 4 is 43.6 Å². The molecule has 0 saturated carbocycles. The highest BCUT2D eigenvalue weighted by atomic mass is 79.9. The number of aromatic nitrogens is 2. The van der Waals surface area contributed by atoms with Crippen molar-refractivity contribution in [3.05, 3.63) is 68.2 Å². The second kappa shape index (κ2) is 7.54. The van der Waals surface area contributed by atoms with Gasteiger partial charge in [0.1, 0.15) is 17.1 Å². The van der Waals surface area contributed by atoms with Gasteiger partial charge in [-0.25, -0.2) is 4.98 Å². The van der Waals surface area contributed by atoms with Gasteiger partial charge in [-0.1, -0.05) is 22.0 Å². The van der Waals surface area contributed by atoms with Crippen LogP contribution in [0.3, 0.4) is 0 Å². The molecule has 0 unspecified atom stereocenters. The molecule has 7 heteroatoms. The highest BCUT2D eigenvalue weighted by molar-refractivity contribution is 9.10. The zero-order valence-electron chi connectivity index (χ0n) is 17.4. The Labute approximate surface area is 187 Å². The number of oxazole rings is 1. The molecule has 0 aliphatic carbocycles. The van der Waals surface area contributed by atoms with Crippen molar-refractivity contribution in [1.82, 2.24) is 9.55 Å². The second-order valence-corrected chi connectivity index (χ2v) is 9.06. The summed E-state index contributed by atoms with van der Waals surface area (Å²) in [6.07, 6.45) is 1.70. The minimum Gasteiger partial charge on any atom is -0.440 e. The third kappa shape index (κ3) is 3.31. The maximum absolute atomic E-state index is 12.9. The number of nitriles is 1. The molecule has 0 bridgehead atoms. The maximum Gasteiger partial charge on any atom is 0.270 e. The molecule has 4 aromatic rings. The quantitative estimate of drug-likeness (QED) is 0.406. The summed E-state index contributed by atoms with van der Waals surface area (Å²) in [6.45, 7) is 3.50. The van der Waals surface area contributed by atoms with E-state index < -0.39 is 0 Å². The molecule has 1 saturated heterocycles. The van der Waals surface area contributed by atoms with E-state index >= 15 is 0 Å². The van der Waals surface area contributed by atoms with Crippen LogP contribution in [-0.4, -0.2) is 22.6 Å². The van der Waals surface area contributed by atoms with E-state index in [1.54, 1.807) is 11.6 Å². The average molecular weight is 477 g/mol. The minimum absolute atomic E-state index is 0.198. The van der Waals surface area contributed by atoms with Crippen molar-refractivity contribution < 1.29 is 4.42 Å². The number of nitrogens with zero attached hydrogens (tertiary/aromatic N) is 4. The van der Waals surface area contributed by atoms with E-state index in [9.17, 15) is 10.1 Å². The van der Waals surface area contributed by atoms with Crippen LogP contribution in [-0.2, 0) is 7.05 Å². The number of rotatable bonds is 2. The van der Waals surface area contributed by atoms with E-state index in [0.717, 1.165) is 69.5 Å². The number of piperidine rings is 1. The summed E-state index contributed by atoms with van der Waals surface area (Å²) in [5.41, 5.74) is 4.36. The minimum atomic E-state index is -0.260. The monoisotopic (exact) mass is 476 g/mol. The Morgan fingerprint density at radius 1 is 1.19 bits per heavy atom. The Morgan fingerprint density at radius 3 is 2.71 bits per heavy atom. The van der Waals surface area contributed by atoms with Crippen LogP contribution in [0.25, 0.3) is 22.0 Å². The Bertz CT molecular complexity index is 1420. The molecule has 3 heterocycles. The molecule has 0 radical (unpaired) electrons. The topological polar surface area (TPSA) is 75.1 Å². The van der Waals surface area contributed by atoms with Gasteiger partial charge in [-0.2, -0.15) is 5.26 Å². The maximum atomic E-state index is 12.9. The molecule has 1 fully saturated rings. The number of halogens is 1. The van der Waals surface area contributed by atoms with E-state index in [1.807, 2.05) is 43.3 Å². The fraction of sp³-hybridized carbons (Fsp3) is 0.292. The van der Waals surface area contributed by atoms with Crippen molar-refractivity contribution in [3.8, 4) is 6.07 Å². The lowest BCUT2D eigenvalue weighted by Gasteiger charge is -2.33. The summed E-state index contributed by atoms with van der Waals surface area (Å²) in [5, 5.41) is 10.7. The van der Waals surface area contributed by atoms with Gasteiger partial charge in [0, 0.05) is 35.9 Å². The molecule has 0 atom stereocenters. The first-order valence-electron chi connectivity index (χ1n) is 10.3. The normalized spacial score (nSPS) is 15.0. The van der Waals surface area contributed by atoms with Crippen LogP contribution in [0.15, 0.2) is 50.1 Å². The van der Waals surface area contributed by atoms with Gasteiger partial charge in [-0.15, -0.1) is 0 Å². The third-order valence-electron chi connectivity index (χ3n) is 6.16. The van der Waals surface area contributed by atoms with Gasteiger partial charge in [-0.3, -0.25) is 4.79 Å².